The highest BCUT2D eigenvalue weighted by molar-refractivity contribution is 7.91. The first-order chi connectivity index (χ1) is 11.5. The van der Waals surface area contributed by atoms with Gasteiger partial charge in [-0.2, -0.15) is 0 Å². The normalized spacial score (nSPS) is 19.3. The van der Waals surface area contributed by atoms with Crippen molar-refractivity contribution in [3.63, 3.8) is 0 Å². The summed E-state index contributed by atoms with van der Waals surface area (Å²) in [6.07, 6.45) is 1.22. The number of ether oxygens (including phenoxy) is 1. The van der Waals surface area contributed by atoms with Crippen LogP contribution in [0.4, 0.5) is 5.69 Å². The number of hydrogen-bond donors (Lipinski definition) is 1. The molecular formula is C13H16N2O8S2. The molecule has 1 amide bonds. The van der Waals surface area contributed by atoms with Gasteiger partial charge in [-0.05, 0) is 18.6 Å². The standard InChI is InChI=1S/C13H16N2O8S2/c1-24(19,20)10-2-3-12(11(6-10)15(17)18)23-7-13(16)14-9-4-5-25(21,22)8-9/h2-3,6,9H,4-5,7-8H2,1H3,(H,14,16)/t9-/m1/s1. The van der Waals surface area contributed by atoms with E-state index >= 15 is 0 Å². The third kappa shape index (κ3) is 5.13. The summed E-state index contributed by atoms with van der Waals surface area (Å²) in [5, 5.41) is 13.5. The SMILES string of the molecule is CS(=O)(=O)c1ccc(OCC(=O)N[C@@H]2CCS(=O)(=O)C2)c([N+](=O)[O-])c1. The van der Waals surface area contributed by atoms with Gasteiger partial charge in [-0.25, -0.2) is 16.8 Å². The summed E-state index contributed by atoms with van der Waals surface area (Å²) in [5.41, 5.74) is -0.584. The molecule has 25 heavy (non-hydrogen) atoms. The van der Waals surface area contributed by atoms with E-state index in [9.17, 15) is 31.7 Å². The molecule has 1 aliphatic heterocycles. The predicted octanol–water partition coefficient (Wildman–Crippen LogP) is -0.320. The number of nitrogens with one attached hydrogen (secondary N) is 1. The monoisotopic (exact) mass is 392 g/mol. The van der Waals surface area contributed by atoms with Crippen molar-refractivity contribution in [3.05, 3.63) is 28.3 Å². The summed E-state index contributed by atoms with van der Waals surface area (Å²) in [6, 6.07) is 2.58. The molecule has 1 heterocycles. The average molecular weight is 392 g/mol. The van der Waals surface area contributed by atoms with Crippen molar-refractivity contribution < 1.29 is 31.3 Å². The van der Waals surface area contributed by atoms with E-state index in [1.54, 1.807) is 0 Å². The fourth-order valence-corrected chi connectivity index (χ4v) is 4.63. The van der Waals surface area contributed by atoms with E-state index in [1.807, 2.05) is 0 Å². The molecule has 1 aromatic carbocycles. The quantitative estimate of drug-likeness (QED) is 0.511. The Bertz CT molecular complexity index is 908. The molecule has 1 saturated heterocycles. The Hall–Kier alpha value is -2.21. The highest BCUT2D eigenvalue weighted by Gasteiger charge is 2.29. The number of benzene rings is 1. The summed E-state index contributed by atoms with van der Waals surface area (Å²) in [7, 11) is -6.78. The Kier molecular flexibility index (Phi) is 5.32. The van der Waals surface area contributed by atoms with Gasteiger partial charge in [0.05, 0.1) is 21.3 Å². The molecule has 0 unspecified atom stereocenters. The van der Waals surface area contributed by atoms with Crippen LogP contribution in [0.2, 0.25) is 0 Å². The number of carbonyl (C=O) groups excluding carboxylic acids is 1. The second-order valence-corrected chi connectivity index (χ2v) is 9.86. The molecule has 0 bridgehead atoms. The average Bonchev–Trinajstić information content (AvgIpc) is 2.82. The number of sulfone groups is 2. The molecule has 0 spiro atoms. The topological polar surface area (TPSA) is 150 Å². The van der Waals surface area contributed by atoms with Crippen molar-refractivity contribution in [2.75, 3.05) is 24.4 Å². The van der Waals surface area contributed by atoms with Crippen molar-refractivity contribution in [2.24, 2.45) is 0 Å². The summed E-state index contributed by atoms with van der Waals surface area (Å²) in [4.78, 5) is 21.8. The lowest BCUT2D eigenvalue weighted by atomic mass is 10.2. The van der Waals surface area contributed by atoms with Crippen LogP contribution in [0.1, 0.15) is 6.42 Å². The van der Waals surface area contributed by atoms with E-state index < -0.39 is 48.8 Å². The Labute approximate surface area is 144 Å². The molecule has 1 fully saturated rings. The summed E-state index contributed by atoms with van der Waals surface area (Å²) < 4.78 is 50.7. The molecule has 10 nitrogen and oxygen atoms in total. The zero-order valence-electron chi connectivity index (χ0n) is 13.2. The fourth-order valence-electron chi connectivity index (χ4n) is 2.31. The molecule has 0 saturated carbocycles. The third-order valence-corrected chi connectivity index (χ3v) is 6.39. The molecule has 2 rings (SSSR count). The number of nitro groups is 1. The van der Waals surface area contributed by atoms with Crippen LogP contribution in [-0.4, -0.2) is 58.1 Å². The van der Waals surface area contributed by atoms with E-state index in [0.717, 1.165) is 24.5 Å². The highest BCUT2D eigenvalue weighted by atomic mass is 32.2. The van der Waals surface area contributed by atoms with Crippen molar-refractivity contribution in [1.29, 1.82) is 0 Å². The zero-order chi connectivity index (χ0) is 18.8. The zero-order valence-corrected chi connectivity index (χ0v) is 14.8. The minimum atomic E-state index is -3.63. The first-order valence-electron chi connectivity index (χ1n) is 7.09. The molecule has 0 aromatic heterocycles. The van der Waals surface area contributed by atoms with Crippen LogP contribution in [0.25, 0.3) is 0 Å². The minimum absolute atomic E-state index is 0.00275. The lowest BCUT2D eigenvalue weighted by Crippen LogP contribution is -2.38. The van der Waals surface area contributed by atoms with Gasteiger partial charge in [0, 0.05) is 18.4 Å². The van der Waals surface area contributed by atoms with Crippen LogP contribution in [0.15, 0.2) is 23.1 Å². The predicted molar refractivity (Wildman–Crippen MR) is 86.9 cm³/mol. The molecule has 138 valence electrons. The molecule has 1 atom stereocenters. The molecule has 0 aliphatic carbocycles. The summed E-state index contributed by atoms with van der Waals surface area (Å²) in [5.74, 6) is -1.03. The second kappa shape index (κ2) is 6.96. The van der Waals surface area contributed by atoms with Gasteiger partial charge in [0.15, 0.2) is 32.0 Å². The first kappa shape index (κ1) is 19.1. The van der Waals surface area contributed by atoms with Crippen LogP contribution in [0.5, 0.6) is 5.75 Å². The van der Waals surface area contributed by atoms with E-state index in [2.05, 4.69) is 5.32 Å². The third-order valence-electron chi connectivity index (χ3n) is 3.51. The van der Waals surface area contributed by atoms with E-state index in [4.69, 9.17) is 4.74 Å². The fraction of sp³-hybridized carbons (Fsp3) is 0.462. The molecule has 12 heteroatoms. The van der Waals surface area contributed by atoms with Gasteiger partial charge in [0.1, 0.15) is 0 Å². The number of nitro benzene ring substituents is 1. The van der Waals surface area contributed by atoms with Crippen LogP contribution < -0.4 is 10.1 Å². The Balaban J connectivity index is 2.05. The lowest BCUT2D eigenvalue weighted by Gasteiger charge is -2.12. The van der Waals surface area contributed by atoms with Crippen molar-refractivity contribution in [1.82, 2.24) is 5.32 Å². The van der Waals surface area contributed by atoms with Crippen LogP contribution in [0, 0.1) is 10.1 Å². The van der Waals surface area contributed by atoms with Crippen LogP contribution in [-0.2, 0) is 24.5 Å². The van der Waals surface area contributed by atoms with E-state index in [0.29, 0.717) is 6.42 Å². The van der Waals surface area contributed by atoms with Gasteiger partial charge in [0.25, 0.3) is 5.91 Å². The van der Waals surface area contributed by atoms with Crippen molar-refractivity contribution in [3.8, 4) is 5.75 Å². The molecule has 1 aliphatic rings. The Morgan fingerprint density at radius 1 is 1.44 bits per heavy atom. The maximum absolute atomic E-state index is 11.8. The minimum Gasteiger partial charge on any atom is -0.477 e. The maximum Gasteiger partial charge on any atom is 0.312 e. The largest absolute Gasteiger partial charge is 0.477 e. The van der Waals surface area contributed by atoms with Gasteiger partial charge in [-0.3, -0.25) is 14.9 Å². The van der Waals surface area contributed by atoms with Gasteiger partial charge >= 0.3 is 5.69 Å². The maximum atomic E-state index is 11.8. The first-order valence-corrected chi connectivity index (χ1v) is 10.8. The molecular weight excluding hydrogens is 376 g/mol. The number of nitrogens with zero attached hydrogens (tertiary/aromatic N) is 1. The molecule has 0 radical (unpaired) electrons. The van der Waals surface area contributed by atoms with Gasteiger partial charge in [-0.1, -0.05) is 0 Å². The second-order valence-electron chi connectivity index (χ2n) is 5.61. The van der Waals surface area contributed by atoms with E-state index in [-0.39, 0.29) is 22.2 Å². The summed E-state index contributed by atoms with van der Waals surface area (Å²) >= 11 is 0. The van der Waals surface area contributed by atoms with Crippen molar-refractivity contribution >= 4 is 31.3 Å². The smallest absolute Gasteiger partial charge is 0.312 e. The van der Waals surface area contributed by atoms with Crippen LogP contribution in [0.3, 0.4) is 0 Å². The van der Waals surface area contributed by atoms with Gasteiger partial charge in [-0.15, -0.1) is 0 Å². The Morgan fingerprint density at radius 2 is 2.12 bits per heavy atom. The number of amides is 1. The number of rotatable bonds is 6. The summed E-state index contributed by atoms with van der Waals surface area (Å²) in [6.45, 7) is -0.560. The van der Waals surface area contributed by atoms with Gasteiger partial charge < -0.3 is 10.1 Å². The number of carbonyl (C=O) groups is 1. The number of hydrogen-bond acceptors (Lipinski definition) is 8. The molecule has 1 N–H and O–H groups in total. The van der Waals surface area contributed by atoms with E-state index in [1.165, 1.54) is 0 Å². The van der Waals surface area contributed by atoms with Crippen molar-refractivity contribution in [2.45, 2.75) is 17.4 Å². The van der Waals surface area contributed by atoms with Crippen LogP contribution >= 0.6 is 0 Å². The molecule has 1 aromatic rings. The lowest BCUT2D eigenvalue weighted by molar-refractivity contribution is -0.386. The van der Waals surface area contributed by atoms with Gasteiger partial charge in [0.2, 0.25) is 0 Å². The Morgan fingerprint density at radius 3 is 2.64 bits per heavy atom. The highest BCUT2D eigenvalue weighted by Crippen LogP contribution is 2.29.